The van der Waals surface area contributed by atoms with Crippen LogP contribution < -0.4 is 25.6 Å². The molecule has 0 atom stereocenters. The van der Waals surface area contributed by atoms with E-state index < -0.39 is 12.6 Å². The van der Waals surface area contributed by atoms with E-state index in [1.54, 1.807) is 20.0 Å². The van der Waals surface area contributed by atoms with Crippen LogP contribution in [0.15, 0.2) is 36.7 Å². The molecule has 11 nitrogen and oxygen atoms in total. The highest BCUT2D eigenvalue weighted by Crippen LogP contribution is 2.44. The number of aromatic nitrogens is 3. The number of nitrogens with one attached hydrogen (secondary N) is 1. The molecule has 0 saturated heterocycles. The van der Waals surface area contributed by atoms with Crippen molar-refractivity contribution >= 4 is 40.5 Å². The number of esters is 1. The number of hydrogen-bond donors (Lipinski definition) is 2. The van der Waals surface area contributed by atoms with Gasteiger partial charge in [-0.25, -0.2) is 9.78 Å². The van der Waals surface area contributed by atoms with Crippen LogP contribution >= 0.6 is 0 Å². The fraction of sp³-hybridized carbons (Fsp3) is 0.448. The second kappa shape index (κ2) is 12.3. The Kier molecular flexibility index (Phi) is 9.00. The molecule has 4 rings (SSSR count). The van der Waals surface area contributed by atoms with Crippen molar-refractivity contribution in [3.05, 3.63) is 47.9 Å². The van der Waals surface area contributed by atoms with Crippen LogP contribution in [0.2, 0.25) is 0 Å². The Bertz CT molecular complexity index is 1430. The number of carbonyl (C=O) groups excluding carboxylic acids is 1. The average Bonchev–Trinajstić information content (AvgIpc) is 3.18. The Balaban J connectivity index is 1.76. The fourth-order valence-electron chi connectivity index (χ4n) is 4.74. The van der Waals surface area contributed by atoms with Gasteiger partial charge in [0.05, 0.1) is 34.5 Å². The number of rotatable bonds is 11. The lowest BCUT2D eigenvalue weighted by molar-refractivity contribution is -0.0493. The van der Waals surface area contributed by atoms with Gasteiger partial charge in [0.25, 0.3) is 0 Å². The predicted octanol–water partition coefficient (Wildman–Crippen LogP) is 4.79. The minimum absolute atomic E-state index is 0.0495. The van der Waals surface area contributed by atoms with Crippen LogP contribution in [-0.4, -0.2) is 79.3 Å². The van der Waals surface area contributed by atoms with E-state index in [0.29, 0.717) is 30.3 Å². The highest BCUT2D eigenvalue weighted by atomic mass is 19.3. The third kappa shape index (κ3) is 6.78. The highest BCUT2D eigenvalue weighted by Gasteiger charge is 2.39. The van der Waals surface area contributed by atoms with Crippen LogP contribution in [0.4, 0.5) is 43.3 Å². The maximum absolute atomic E-state index is 13.5. The number of anilines is 6. The summed E-state index contributed by atoms with van der Waals surface area (Å²) in [6.45, 7) is 6.37. The lowest BCUT2D eigenvalue weighted by Crippen LogP contribution is -2.29. The van der Waals surface area contributed by atoms with Crippen molar-refractivity contribution in [2.24, 2.45) is 0 Å². The maximum Gasteiger partial charge on any atom is 0.387 e. The Hall–Kier alpha value is -4.26. The number of carbonyl (C=O) groups is 1. The van der Waals surface area contributed by atoms with Gasteiger partial charge in [0.15, 0.2) is 11.6 Å². The molecule has 0 unspecified atom stereocenters. The maximum atomic E-state index is 13.5. The van der Waals surface area contributed by atoms with E-state index >= 15 is 0 Å². The molecular formula is C29H38F2N8O3. The van der Waals surface area contributed by atoms with Crippen molar-refractivity contribution in [1.29, 1.82) is 0 Å². The molecule has 0 radical (unpaired) electrons. The minimum atomic E-state index is -3.07. The summed E-state index contributed by atoms with van der Waals surface area (Å²) in [6, 6.07) is 6.68. The molecular weight excluding hydrogens is 546 g/mol. The van der Waals surface area contributed by atoms with E-state index in [0.717, 1.165) is 17.9 Å². The van der Waals surface area contributed by atoms with Gasteiger partial charge in [-0.05, 0) is 46.1 Å². The summed E-state index contributed by atoms with van der Waals surface area (Å²) in [5.41, 5.74) is 8.84. The first-order chi connectivity index (χ1) is 19.8. The van der Waals surface area contributed by atoms with Crippen molar-refractivity contribution in [3.8, 4) is 5.75 Å². The standard InChI is InChI=1S/C29H38F2N8O3/c1-17(2)41-26(40)18-15-34-28(36-25(18)39-16-29(3,4)24-21(39)9-8-10-33-24)35-20-13-19(32)22(14-23(20)42-27(30)31)38(7)12-11-37(5)6/h8-10,13-15,17,27H,11-12,16,32H2,1-7H3,(H,34,35,36). The van der Waals surface area contributed by atoms with Crippen LogP contribution in [0, 0.1) is 0 Å². The average molecular weight is 585 g/mol. The van der Waals surface area contributed by atoms with Gasteiger partial charge < -0.3 is 35.2 Å². The first kappa shape index (κ1) is 30.7. The smallest absolute Gasteiger partial charge is 0.387 e. The molecule has 226 valence electrons. The number of hydrogen-bond acceptors (Lipinski definition) is 11. The second-order valence-corrected chi connectivity index (χ2v) is 11.4. The lowest BCUT2D eigenvalue weighted by Gasteiger charge is -2.25. The van der Waals surface area contributed by atoms with Gasteiger partial charge in [-0.1, -0.05) is 13.8 Å². The molecule has 3 aromatic rings. The molecule has 3 heterocycles. The van der Waals surface area contributed by atoms with Gasteiger partial charge in [-0.3, -0.25) is 4.98 Å². The van der Waals surface area contributed by atoms with Gasteiger partial charge in [-0.2, -0.15) is 13.8 Å². The molecule has 2 aromatic heterocycles. The van der Waals surface area contributed by atoms with Crippen LogP contribution in [-0.2, 0) is 10.2 Å². The zero-order chi connectivity index (χ0) is 30.8. The number of likely N-dealkylation sites (N-methyl/N-ethyl adjacent to an activating group) is 2. The number of benzene rings is 1. The van der Waals surface area contributed by atoms with Crippen molar-refractivity contribution in [2.75, 3.05) is 61.6 Å². The third-order valence-electron chi connectivity index (χ3n) is 6.74. The largest absolute Gasteiger partial charge is 0.459 e. The molecule has 1 aromatic carbocycles. The first-order valence-electron chi connectivity index (χ1n) is 13.6. The topological polar surface area (TPSA) is 122 Å². The zero-order valence-corrected chi connectivity index (χ0v) is 25.0. The van der Waals surface area contributed by atoms with Gasteiger partial charge >= 0.3 is 12.6 Å². The SMILES string of the molecule is CC(C)OC(=O)c1cnc(Nc2cc(N)c(N(C)CCN(C)C)cc2OC(F)F)nc1N1CC(C)(C)c2ncccc21. The van der Waals surface area contributed by atoms with Crippen LogP contribution in [0.5, 0.6) is 5.75 Å². The predicted molar refractivity (Wildman–Crippen MR) is 159 cm³/mol. The third-order valence-corrected chi connectivity index (χ3v) is 6.74. The summed E-state index contributed by atoms with van der Waals surface area (Å²) < 4.78 is 37.3. The lowest BCUT2D eigenvalue weighted by atomic mass is 9.91. The summed E-state index contributed by atoms with van der Waals surface area (Å²) >= 11 is 0. The minimum Gasteiger partial charge on any atom is -0.459 e. The van der Waals surface area contributed by atoms with E-state index in [1.165, 1.54) is 18.3 Å². The molecule has 0 fully saturated rings. The molecule has 0 spiro atoms. The summed E-state index contributed by atoms with van der Waals surface area (Å²) in [4.78, 5) is 32.4. The number of nitrogens with zero attached hydrogens (tertiary/aromatic N) is 6. The normalized spacial score (nSPS) is 14.0. The number of ether oxygens (including phenoxy) is 2. The Morgan fingerprint density at radius 1 is 1.19 bits per heavy atom. The molecule has 1 aliphatic rings. The summed E-state index contributed by atoms with van der Waals surface area (Å²) in [6.07, 6.45) is 2.72. The van der Waals surface area contributed by atoms with Crippen molar-refractivity contribution in [2.45, 2.75) is 45.8 Å². The monoisotopic (exact) mass is 584 g/mol. The fourth-order valence-corrected chi connectivity index (χ4v) is 4.74. The van der Waals surface area contributed by atoms with E-state index in [-0.39, 0.29) is 34.5 Å². The Morgan fingerprint density at radius 2 is 1.93 bits per heavy atom. The molecule has 3 N–H and O–H groups in total. The summed E-state index contributed by atoms with van der Waals surface area (Å²) in [5.74, 6) is -0.371. The van der Waals surface area contributed by atoms with Crippen LogP contribution in [0.25, 0.3) is 0 Å². The van der Waals surface area contributed by atoms with Gasteiger partial charge in [0, 0.05) is 50.6 Å². The van der Waals surface area contributed by atoms with Crippen molar-refractivity contribution < 1.29 is 23.0 Å². The van der Waals surface area contributed by atoms with E-state index in [9.17, 15) is 13.6 Å². The van der Waals surface area contributed by atoms with Crippen molar-refractivity contribution in [1.82, 2.24) is 19.9 Å². The second-order valence-electron chi connectivity index (χ2n) is 11.4. The van der Waals surface area contributed by atoms with E-state index in [4.69, 9.17) is 15.2 Å². The van der Waals surface area contributed by atoms with Gasteiger partial charge in [0.1, 0.15) is 5.56 Å². The Labute approximate surface area is 244 Å². The molecule has 0 saturated carbocycles. The van der Waals surface area contributed by atoms with Gasteiger partial charge in [0.2, 0.25) is 5.95 Å². The van der Waals surface area contributed by atoms with Gasteiger partial charge in [-0.15, -0.1) is 0 Å². The molecule has 0 aliphatic carbocycles. The molecule has 13 heteroatoms. The zero-order valence-electron chi connectivity index (χ0n) is 25.0. The molecule has 42 heavy (non-hydrogen) atoms. The number of nitrogen functional groups attached to an aromatic ring is 1. The van der Waals surface area contributed by atoms with Crippen molar-refractivity contribution in [3.63, 3.8) is 0 Å². The van der Waals surface area contributed by atoms with E-state index in [1.807, 2.05) is 48.0 Å². The molecule has 0 amide bonds. The first-order valence-corrected chi connectivity index (χ1v) is 13.6. The number of alkyl halides is 2. The summed E-state index contributed by atoms with van der Waals surface area (Å²) in [5, 5.41) is 2.97. The number of nitrogens with two attached hydrogens (primary N) is 1. The summed E-state index contributed by atoms with van der Waals surface area (Å²) in [7, 11) is 5.70. The number of pyridine rings is 1. The number of fused-ring (bicyclic) bond motifs is 1. The Morgan fingerprint density at radius 3 is 2.60 bits per heavy atom. The molecule has 0 bridgehead atoms. The van der Waals surface area contributed by atoms with Crippen LogP contribution in [0.1, 0.15) is 43.7 Å². The quantitative estimate of drug-likeness (QED) is 0.239. The van der Waals surface area contributed by atoms with E-state index in [2.05, 4.69) is 34.1 Å². The highest BCUT2D eigenvalue weighted by molar-refractivity contribution is 5.96. The molecule has 1 aliphatic heterocycles. The number of halogens is 2. The van der Waals surface area contributed by atoms with Crippen LogP contribution in [0.3, 0.4) is 0 Å².